The monoisotopic (exact) mass is 326 g/mol. The number of aromatic hydroxyl groups is 1. The van der Waals surface area contributed by atoms with Crippen molar-refractivity contribution in [1.82, 2.24) is 19.8 Å². The summed E-state index contributed by atoms with van der Waals surface area (Å²) in [6, 6.07) is 3.48. The minimum atomic E-state index is -4.94. The molecule has 0 aliphatic carbocycles. The van der Waals surface area contributed by atoms with E-state index in [0.29, 0.717) is 22.3 Å². The molecule has 0 bridgehead atoms. The largest absolute Gasteiger partial charge is 0.573 e. The lowest BCUT2D eigenvalue weighted by Crippen LogP contribution is -2.18. The van der Waals surface area contributed by atoms with Gasteiger partial charge in [-0.3, -0.25) is 0 Å². The molecule has 0 aliphatic rings. The molecule has 10 heteroatoms. The van der Waals surface area contributed by atoms with Crippen LogP contribution in [-0.2, 0) is 0 Å². The van der Waals surface area contributed by atoms with Crippen LogP contribution < -0.4 is 10.4 Å². The number of phenols is 1. The van der Waals surface area contributed by atoms with Gasteiger partial charge in [0.05, 0.1) is 11.9 Å². The zero-order valence-corrected chi connectivity index (χ0v) is 11.5. The number of hydrogen-bond donors (Lipinski definition) is 2. The minimum absolute atomic E-state index is 0.293. The van der Waals surface area contributed by atoms with E-state index in [2.05, 4.69) is 20.0 Å². The Bertz CT molecular complexity index is 946. The number of H-pyrrole nitrogens is 1. The van der Waals surface area contributed by atoms with E-state index in [-0.39, 0.29) is 0 Å². The molecular weight excluding hydrogens is 317 g/mol. The average molecular weight is 326 g/mol. The summed E-state index contributed by atoms with van der Waals surface area (Å²) in [5.41, 5.74) is 0.849. The minimum Gasteiger partial charge on any atom is -0.504 e. The number of aromatic nitrogens is 4. The van der Waals surface area contributed by atoms with Gasteiger partial charge in [0, 0.05) is 5.56 Å². The summed E-state index contributed by atoms with van der Waals surface area (Å²) in [7, 11) is 0. The van der Waals surface area contributed by atoms with Crippen molar-refractivity contribution in [3.63, 3.8) is 0 Å². The Kier molecular flexibility index (Phi) is 3.24. The summed E-state index contributed by atoms with van der Waals surface area (Å²) >= 11 is 0. The second-order valence-corrected chi connectivity index (χ2v) is 4.66. The molecule has 0 saturated heterocycles. The normalized spacial score (nSPS) is 11.8. The lowest BCUT2D eigenvalue weighted by molar-refractivity contribution is -0.275. The van der Waals surface area contributed by atoms with Crippen LogP contribution in [0.5, 0.6) is 11.5 Å². The molecule has 0 saturated carbocycles. The highest BCUT2D eigenvalue weighted by Gasteiger charge is 2.32. The maximum absolute atomic E-state index is 12.4. The second kappa shape index (κ2) is 5.00. The van der Waals surface area contributed by atoms with Crippen LogP contribution in [0.4, 0.5) is 13.2 Å². The van der Waals surface area contributed by atoms with E-state index in [1.807, 2.05) is 0 Å². The van der Waals surface area contributed by atoms with Crippen molar-refractivity contribution >= 4 is 5.52 Å². The predicted molar refractivity (Wildman–Crippen MR) is 72.1 cm³/mol. The van der Waals surface area contributed by atoms with Gasteiger partial charge in [0.1, 0.15) is 5.52 Å². The molecular formula is C13H9F3N4O3. The summed E-state index contributed by atoms with van der Waals surface area (Å²) in [6.07, 6.45) is -3.61. The molecule has 7 nitrogen and oxygen atoms in total. The van der Waals surface area contributed by atoms with E-state index in [1.165, 1.54) is 12.3 Å². The third kappa shape index (κ3) is 2.70. The number of nitrogens with one attached hydrogen (secondary N) is 1. The topological polar surface area (TPSA) is 92.5 Å². The quantitative estimate of drug-likeness (QED) is 0.751. The summed E-state index contributed by atoms with van der Waals surface area (Å²) in [6.45, 7) is 1.60. The first-order chi connectivity index (χ1) is 10.8. The van der Waals surface area contributed by atoms with Crippen LogP contribution in [0.2, 0.25) is 0 Å². The van der Waals surface area contributed by atoms with Crippen molar-refractivity contribution in [2.24, 2.45) is 0 Å². The fourth-order valence-electron chi connectivity index (χ4n) is 2.25. The van der Waals surface area contributed by atoms with E-state index < -0.39 is 23.6 Å². The lowest BCUT2D eigenvalue weighted by Gasteiger charge is -2.11. The molecule has 120 valence electrons. The average Bonchev–Trinajstić information content (AvgIpc) is 2.78. The highest BCUT2D eigenvalue weighted by Crippen LogP contribution is 2.37. The second-order valence-electron chi connectivity index (χ2n) is 4.66. The molecule has 2 heterocycles. The number of ether oxygens (including phenoxy) is 1. The first-order valence-electron chi connectivity index (χ1n) is 6.28. The summed E-state index contributed by atoms with van der Waals surface area (Å²) < 4.78 is 42.0. The molecule has 2 N–H and O–H groups in total. The van der Waals surface area contributed by atoms with Gasteiger partial charge >= 0.3 is 12.1 Å². The highest BCUT2D eigenvalue weighted by atomic mass is 19.4. The van der Waals surface area contributed by atoms with Crippen molar-refractivity contribution in [3.8, 4) is 22.6 Å². The molecule has 1 aromatic carbocycles. The van der Waals surface area contributed by atoms with Gasteiger partial charge in [-0.2, -0.15) is 14.7 Å². The van der Waals surface area contributed by atoms with Gasteiger partial charge in [-0.15, -0.1) is 13.2 Å². The van der Waals surface area contributed by atoms with Gasteiger partial charge in [0.15, 0.2) is 11.5 Å². The van der Waals surface area contributed by atoms with Gasteiger partial charge in [-0.05, 0) is 24.6 Å². The maximum Gasteiger partial charge on any atom is 0.573 e. The van der Waals surface area contributed by atoms with Crippen LogP contribution in [-0.4, -0.2) is 31.3 Å². The Hall–Kier alpha value is -3.04. The van der Waals surface area contributed by atoms with Crippen molar-refractivity contribution in [3.05, 3.63) is 40.6 Å². The highest BCUT2D eigenvalue weighted by molar-refractivity contribution is 5.82. The van der Waals surface area contributed by atoms with Crippen molar-refractivity contribution < 1.29 is 23.0 Å². The summed E-state index contributed by atoms with van der Waals surface area (Å²) in [5.74, 6) is -1.40. The molecule has 0 atom stereocenters. The van der Waals surface area contributed by atoms with Gasteiger partial charge in [0.25, 0.3) is 0 Å². The van der Waals surface area contributed by atoms with Crippen LogP contribution >= 0.6 is 0 Å². The fraction of sp³-hybridized carbons (Fsp3) is 0.154. The number of phenolic OH excluding ortho intramolecular Hbond substituents is 1. The molecule has 3 aromatic rings. The molecule has 0 fully saturated rings. The van der Waals surface area contributed by atoms with Gasteiger partial charge in [-0.1, -0.05) is 6.07 Å². The zero-order chi connectivity index (χ0) is 16.8. The van der Waals surface area contributed by atoms with Gasteiger partial charge in [0.2, 0.25) is 0 Å². The third-order valence-corrected chi connectivity index (χ3v) is 3.11. The summed E-state index contributed by atoms with van der Waals surface area (Å²) in [5, 5.41) is 19.4. The van der Waals surface area contributed by atoms with Crippen LogP contribution in [0.15, 0.2) is 29.2 Å². The number of fused-ring (bicyclic) bond motifs is 1. The molecule has 0 radical (unpaired) electrons. The van der Waals surface area contributed by atoms with E-state index in [1.54, 1.807) is 6.92 Å². The van der Waals surface area contributed by atoms with Crippen LogP contribution in [0.25, 0.3) is 16.6 Å². The Labute approximate surface area is 125 Å². The Morgan fingerprint density at radius 2 is 2.09 bits per heavy atom. The van der Waals surface area contributed by atoms with Crippen molar-refractivity contribution in [2.45, 2.75) is 13.3 Å². The van der Waals surface area contributed by atoms with Gasteiger partial charge < -0.3 is 9.84 Å². The fourth-order valence-corrected chi connectivity index (χ4v) is 2.25. The molecule has 0 spiro atoms. The van der Waals surface area contributed by atoms with Crippen LogP contribution in [0.1, 0.15) is 5.69 Å². The van der Waals surface area contributed by atoms with E-state index in [4.69, 9.17) is 0 Å². The number of halogens is 3. The number of aromatic amines is 1. The van der Waals surface area contributed by atoms with Gasteiger partial charge in [-0.25, -0.2) is 9.89 Å². The number of alkyl halides is 3. The molecule has 0 aliphatic heterocycles. The Morgan fingerprint density at radius 3 is 2.78 bits per heavy atom. The van der Waals surface area contributed by atoms with Crippen LogP contribution in [0, 0.1) is 6.92 Å². The zero-order valence-electron chi connectivity index (χ0n) is 11.5. The summed E-state index contributed by atoms with van der Waals surface area (Å²) in [4.78, 5) is 11.7. The number of benzene rings is 1. The molecule has 2 aromatic heterocycles. The van der Waals surface area contributed by atoms with Crippen LogP contribution in [0.3, 0.4) is 0 Å². The van der Waals surface area contributed by atoms with E-state index >= 15 is 0 Å². The lowest BCUT2D eigenvalue weighted by atomic mass is 10.0. The third-order valence-electron chi connectivity index (χ3n) is 3.11. The molecule has 23 heavy (non-hydrogen) atoms. The first kappa shape index (κ1) is 14.9. The standard InChI is InChI=1S/C13H9F3N4O3/c1-6-11(8-5-17-18-12(22)20(8)19-6)7-2-3-9(21)10(4-7)23-13(14,15)16/h2-5,21H,1H3,(H,18,22). The Balaban J connectivity index is 2.20. The smallest absolute Gasteiger partial charge is 0.504 e. The number of rotatable bonds is 2. The SMILES string of the molecule is Cc1nn2c(=O)[nH]ncc2c1-c1ccc(O)c(OC(F)(F)F)c1. The van der Waals surface area contributed by atoms with E-state index in [0.717, 1.165) is 16.6 Å². The Morgan fingerprint density at radius 1 is 1.35 bits per heavy atom. The molecule has 0 unspecified atom stereocenters. The van der Waals surface area contributed by atoms with Crippen molar-refractivity contribution in [1.29, 1.82) is 0 Å². The van der Waals surface area contributed by atoms with Crippen molar-refractivity contribution in [2.75, 3.05) is 0 Å². The number of nitrogens with zero attached hydrogens (tertiary/aromatic N) is 3. The first-order valence-corrected chi connectivity index (χ1v) is 6.28. The number of aryl methyl sites for hydroxylation is 1. The predicted octanol–water partition coefficient (Wildman–Crippen LogP) is 2.00. The molecule has 0 amide bonds. The maximum atomic E-state index is 12.4. The molecule has 3 rings (SSSR count). The van der Waals surface area contributed by atoms with E-state index in [9.17, 15) is 23.1 Å². The number of hydrogen-bond acceptors (Lipinski definition) is 5.